The highest BCUT2D eigenvalue weighted by atomic mass is 19.1. The van der Waals surface area contributed by atoms with Crippen LogP contribution in [0, 0.1) is 5.82 Å². The van der Waals surface area contributed by atoms with E-state index < -0.39 is 11.6 Å². The number of halogens is 1. The Bertz CT molecular complexity index is 1100. The molecule has 1 aromatic heterocycles. The predicted octanol–water partition coefficient (Wildman–Crippen LogP) is 4.05. The van der Waals surface area contributed by atoms with Gasteiger partial charge in [-0.1, -0.05) is 32.9 Å². The Kier molecular flexibility index (Phi) is 5.24. The van der Waals surface area contributed by atoms with Crippen LogP contribution in [-0.4, -0.2) is 26.6 Å². The number of carbonyl (C=O) groups excluding carboxylic acids is 2. The molecule has 0 aliphatic carbocycles. The van der Waals surface area contributed by atoms with E-state index in [0.717, 1.165) is 11.8 Å². The van der Waals surface area contributed by atoms with Crippen molar-refractivity contribution in [2.75, 3.05) is 5.32 Å². The lowest BCUT2D eigenvalue weighted by atomic mass is 9.92. The molecule has 3 rings (SSSR count). The largest absolute Gasteiger partial charge is 0.508 e. The van der Waals surface area contributed by atoms with Crippen molar-refractivity contribution in [3.63, 3.8) is 0 Å². The highest BCUT2D eigenvalue weighted by molar-refractivity contribution is 6.10. The van der Waals surface area contributed by atoms with Crippen LogP contribution in [0.3, 0.4) is 0 Å². The van der Waals surface area contributed by atoms with Gasteiger partial charge in [0.1, 0.15) is 17.3 Å². The Morgan fingerprint density at radius 2 is 1.83 bits per heavy atom. The molecule has 1 amide bonds. The first-order valence-electron chi connectivity index (χ1n) is 9.05. The molecule has 1 heterocycles. The number of benzene rings is 2. The Balaban J connectivity index is 1.84. The van der Waals surface area contributed by atoms with E-state index >= 15 is 0 Å². The van der Waals surface area contributed by atoms with Crippen molar-refractivity contribution in [2.45, 2.75) is 26.2 Å². The maximum Gasteiger partial charge on any atom is 0.273 e. The molecule has 2 N–H and O–H groups in total. The van der Waals surface area contributed by atoms with Gasteiger partial charge in [-0.15, -0.1) is 0 Å². The number of hydrogen-bond donors (Lipinski definition) is 2. The summed E-state index contributed by atoms with van der Waals surface area (Å²) in [6.45, 7) is 6.03. The first-order chi connectivity index (χ1) is 13.6. The summed E-state index contributed by atoms with van der Waals surface area (Å²) in [6, 6.07) is 11.3. The average Bonchev–Trinajstić information content (AvgIpc) is 3.04. The summed E-state index contributed by atoms with van der Waals surface area (Å²) in [4.78, 5) is 25.3. The SMILES string of the molecule is Cn1nc(C(C)(C)C)cc1C(=O)Nc1cccc(C(=O)c2ccc(O)cc2F)c1. The fraction of sp³-hybridized carbons (Fsp3) is 0.227. The lowest BCUT2D eigenvalue weighted by Gasteiger charge is -2.13. The molecule has 7 heteroatoms. The van der Waals surface area contributed by atoms with Crippen LogP contribution in [0.15, 0.2) is 48.5 Å². The smallest absolute Gasteiger partial charge is 0.273 e. The van der Waals surface area contributed by atoms with E-state index in [0.29, 0.717) is 11.4 Å². The number of phenolic OH excluding ortho intramolecular Hbond substituents is 1. The third-order valence-electron chi connectivity index (χ3n) is 4.46. The van der Waals surface area contributed by atoms with Crippen LogP contribution in [-0.2, 0) is 12.5 Å². The van der Waals surface area contributed by atoms with Gasteiger partial charge in [0, 0.05) is 29.8 Å². The number of aromatic hydroxyl groups is 1. The minimum atomic E-state index is -0.811. The molecule has 0 saturated heterocycles. The highest BCUT2D eigenvalue weighted by Crippen LogP contribution is 2.23. The summed E-state index contributed by atoms with van der Waals surface area (Å²) >= 11 is 0. The van der Waals surface area contributed by atoms with Crippen molar-refractivity contribution < 1.29 is 19.1 Å². The normalized spacial score (nSPS) is 11.3. The highest BCUT2D eigenvalue weighted by Gasteiger charge is 2.22. The lowest BCUT2D eigenvalue weighted by Crippen LogP contribution is -2.16. The Morgan fingerprint density at radius 3 is 2.45 bits per heavy atom. The lowest BCUT2D eigenvalue weighted by molar-refractivity contribution is 0.101. The van der Waals surface area contributed by atoms with Crippen molar-refractivity contribution >= 4 is 17.4 Å². The van der Waals surface area contributed by atoms with Crippen LogP contribution in [0.2, 0.25) is 0 Å². The molecule has 0 atom stereocenters. The topological polar surface area (TPSA) is 84.2 Å². The Morgan fingerprint density at radius 1 is 1.10 bits per heavy atom. The van der Waals surface area contributed by atoms with Gasteiger partial charge in [-0.25, -0.2) is 4.39 Å². The number of nitrogens with one attached hydrogen (secondary N) is 1. The van der Waals surface area contributed by atoms with Crippen LogP contribution >= 0.6 is 0 Å². The van der Waals surface area contributed by atoms with E-state index in [9.17, 15) is 19.1 Å². The second kappa shape index (κ2) is 7.50. The number of aromatic nitrogens is 2. The number of ketones is 1. The Hall–Kier alpha value is -3.48. The second-order valence-corrected chi connectivity index (χ2v) is 7.82. The van der Waals surface area contributed by atoms with E-state index in [-0.39, 0.29) is 28.2 Å². The van der Waals surface area contributed by atoms with E-state index in [1.165, 1.54) is 28.9 Å². The molecule has 0 aliphatic rings. The van der Waals surface area contributed by atoms with Crippen molar-refractivity contribution in [3.8, 4) is 5.75 Å². The van der Waals surface area contributed by atoms with Gasteiger partial charge >= 0.3 is 0 Å². The van der Waals surface area contributed by atoms with Crippen molar-refractivity contribution in [2.24, 2.45) is 7.05 Å². The number of aryl methyl sites for hydroxylation is 1. The minimum Gasteiger partial charge on any atom is -0.508 e. The number of nitrogens with zero attached hydrogens (tertiary/aromatic N) is 2. The van der Waals surface area contributed by atoms with Crippen molar-refractivity contribution in [3.05, 3.63) is 76.9 Å². The number of hydrogen-bond acceptors (Lipinski definition) is 4. The molecule has 0 bridgehead atoms. The van der Waals surface area contributed by atoms with E-state index in [4.69, 9.17) is 0 Å². The molecule has 0 aliphatic heterocycles. The zero-order valence-electron chi connectivity index (χ0n) is 16.7. The summed E-state index contributed by atoms with van der Waals surface area (Å²) < 4.78 is 15.5. The standard InChI is InChI=1S/C22H22FN3O3/c1-22(2,3)19-12-18(26(4)25-19)21(29)24-14-7-5-6-13(10-14)20(28)16-9-8-15(27)11-17(16)23/h5-12,27H,1-4H3,(H,24,29). The molecule has 0 fully saturated rings. The summed E-state index contributed by atoms with van der Waals surface area (Å²) in [5.74, 6) is -1.98. The molecule has 0 saturated carbocycles. The molecule has 150 valence electrons. The van der Waals surface area contributed by atoms with Gasteiger partial charge in [-0.3, -0.25) is 14.3 Å². The third-order valence-corrected chi connectivity index (χ3v) is 4.46. The van der Waals surface area contributed by atoms with Gasteiger partial charge in [-0.2, -0.15) is 5.10 Å². The van der Waals surface area contributed by atoms with Crippen molar-refractivity contribution in [1.82, 2.24) is 9.78 Å². The predicted molar refractivity (Wildman–Crippen MR) is 108 cm³/mol. The van der Waals surface area contributed by atoms with Crippen LogP contribution in [0.1, 0.15) is 52.9 Å². The van der Waals surface area contributed by atoms with Crippen LogP contribution in [0.4, 0.5) is 10.1 Å². The summed E-state index contributed by atoms with van der Waals surface area (Å²) in [6.07, 6.45) is 0. The quantitative estimate of drug-likeness (QED) is 0.653. The first-order valence-corrected chi connectivity index (χ1v) is 9.05. The maximum atomic E-state index is 14.0. The molecule has 0 radical (unpaired) electrons. The molecule has 0 unspecified atom stereocenters. The fourth-order valence-corrected chi connectivity index (χ4v) is 2.82. The van der Waals surface area contributed by atoms with Crippen LogP contribution in [0.25, 0.3) is 0 Å². The van der Waals surface area contributed by atoms with Gasteiger partial charge in [0.25, 0.3) is 5.91 Å². The second-order valence-electron chi connectivity index (χ2n) is 7.82. The number of amides is 1. The third kappa shape index (κ3) is 4.34. The maximum absolute atomic E-state index is 14.0. The van der Waals surface area contributed by atoms with Gasteiger partial charge in [0.05, 0.1) is 11.3 Å². The first kappa shape index (κ1) is 20.3. The minimum absolute atomic E-state index is 0.160. The Labute approximate surface area is 168 Å². The number of carbonyl (C=O) groups is 2. The zero-order valence-corrected chi connectivity index (χ0v) is 16.7. The van der Waals surface area contributed by atoms with Gasteiger partial charge < -0.3 is 10.4 Å². The average molecular weight is 395 g/mol. The molecule has 29 heavy (non-hydrogen) atoms. The monoisotopic (exact) mass is 395 g/mol. The van der Waals surface area contributed by atoms with Crippen LogP contribution < -0.4 is 5.32 Å². The number of phenols is 1. The van der Waals surface area contributed by atoms with Crippen LogP contribution in [0.5, 0.6) is 5.75 Å². The molecular formula is C22H22FN3O3. The summed E-state index contributed by atoms with van der Waals surface area (Å²) in [5, 5.41) is 16.4. The van der Waals surface area contributed by atoms with Crippen molar-refractivity contribution in [1.29, 1.82) is 0 Å². The van der Waals surface area contributed by atoms with E-state index in [2.05, 4.69) is 10.4 Å². The number of anilines is 1. The molecule has 0 spiro atoms. The van der Waals surface area contributed by atoms with Gasteiger partial charge in [0.2, 0.25) is 0 Å². The van der Waals surface area contributed by atoms with E-state index in [1.54, 1.807) is 25.2 Å². The molecular weight excluding hydrogens is 373 g/mol. The van der Waals surface area contributed by atoms with E-state index in [1.807, 2.05) is 20.8 Å². The number of rotatable bonds is 4. The fourth-order valence-electron chi connectivity index (χ4n) is 2.82. The summed E-state index contributed by atoms with van der Waals surface area (Å²) in [5.41, 5.74) is 1.43. The molecule has 6 nitrogen and oxygen atoms in total. The molecule has 3 aromatic rings. The summed E-state index contributed by atoms with van der Waals surface area (Å²) in [7, 11) is 1.69. The van der Waals surface area contributed by atoms with Gasteiger partial charge in [-0.05, 0) is 30.3 Å². The van der Waals surface area contributed by atoms with Gasteiger partial charge in [0.15, 0.2) is 5.78 Å². The zero-order chi connectivity index (χ0) is 21.3. The molecule has 2 aromatic carbocycles.